The standard InChI is InChI=1S/C52H101N2O6P/c1-6-8-10-12-14-16-18-19-20-21-22-23-24-25-26-27-28-29-30-31-32-33-34-36-37-39-41-43-45-51(55)50(49-60-61(57,58)59-48-47-54(3,4)5)53-52(56)46-44-42-40-38-35-17-15-13-11-9-7-2/h13,15,36-37,43,45,50-51,55H,6-12,14,16-35,38-42,44,46-49H2,1-5H3,(H-,53,56,57,58)/b15-13-,37-36+,45-43+. The number of rotatable bonds is 47. The van der Waals surface area contributed by atoms with Crippen LogP contribution in [0.25, 0.3) is 0 Å². The third-order valence-corrected chi connectivity index (χ3v) is 12.5. The number of likely N-dealkylation sites (N-methyl/N-ethyl adjacent to an activating group) is 1. The topological polar surface area (TPSA) is 108 Å². The Morgan fingerprint density at radius 3 is 1.38 bits per heavy atom. The molecular weight excluding hydrogens is 780 g/mol. The predicted molar refractivity (Wildman–Crippen MR) is 261 cm³/mol. The van der Waals surface area contributed by atoms with Crippen molar-refractivity contribution in [2.24, 2.45) is 0 Å². The number of allylic oxidation sites excluding steroid dienone is 5. The van der Waals surface area contributed by atoms with Gasteiger partial charge in [-0.15, -0.1) is 0 Å². The van der Waals surface area contributed by atoms with Crippen molar-refractivity contribution in [2.75, 3.05) is 40.9 Å². The third-order valence-electron chi connectivity index (χ3n) is 11.6. The lowest BCUT2D eigenvalue weighted by atomic mass is 10.0. The zero-order valence-electron chi connectivity index (χ0n) is 40.9. The van der Waals surface area contributed by atoms with Gasteiger partial charge in [0.2, 0.25) is 5.91 Å². The van der Waals surface area contributed by atoms with Crippen molar-refractivity contribution < 1.29 is 32.9 Å². The minimum Gasteiger partial charge on any atom is -0.756 e. The van der Waals surface area contributed by atoms with Gasteiger partial charge >= 0.3 is 0 Å². The second-order valence-corrected chi connectivity index (χ2v) is 20.3. The van der Waals surface area contributed by atoms with Gasteiger partial charge in [-0.1, -0.05) is 217 Å². The van der Waals surface area contributed by atoms with Crippen LogP contribution in [-0.2, 0) is 18.4 Å². The summed E-state index contributed by atoms with van der Waals surface area (Å²) in [4.78, 5) is 25.3. The van der Waals surface area contributed by atoms with Gasteiger partial charge in [0.05, 0.1) is 39.9 Å². The van der Waals surface area contributed by atoms with Crippen LogP contribution in [0.3, 0.4) is 0 Å². The molecule has 8 nitrogen and oxygen atoms in total. The Kier molecular flexibility index (Phi) is 43.0. The number of amides is 1. The Hall–Kier alpha value is -1.28. The van der Waals surface area contributed by atoms with Crippen LogP contribution in [0.5, 0.6) is 0 Å². The minimum atomic E-state index is -4.60. The molecule has 1 amide bonds. The summed E-state index contributed by atoms with van der Waals surface area (Å²) >= 11 is 0. The lowest BCUT2D eigenvalue weighted by Crippen LogP contribution is -2.45. The molecule has 0 aliphatic carbocycles. The number of aliphatic hydroxyl groups is 1. The van der Waals surface area contributed by atoms with E-state index in [-0.39, 0.29) is 12.5 Å². The zero-order chi connectivity index (χ0) is 45.0. The fourth-order valence-corrected chi connectivity index (χ4v) is 8.17. The predicted octanol–water partition coefficient (Wildman–Crippen LogP) is 14.4. The van der Waals surface area contributed by atoms with E-state index in [9.17, 15) is 19.4 Å². The van der Waals surface area contributed by atoms with Gasteiger partial charge in [0, 0.05) is 6.42 Å². The van der Waals surface area contributed by atoms with Crippen LogP contribution in [0.2, 0.25) is 0 Å². The molecular formula is C52H101N2O6P. The molecule has 2 N–H and O–H groups in total. The Morgan fingerprint density at radius 2 is 0.934 bits per heavy atom. The van der Waals surface area contributed by atoms with Gasteiger partial charge in [0.25, 0.3) is 7.82 Å². The summed E-state index contributed by atoms with van der Waals surface area (Å²) in [5.74, 6) is -0.218. The number of nitrogens with zero attached hydrogens (tertiary/aromatic N) is 1. The lowest BCUT2D eigenvalue weighted by molar-refractivity contribution is -0.870. The molecule has 3 unspecified atom stereocenters. The highest BCUT2D eigenvalue weighted by Crippen LogP contribution is 2.38. The van der Waals surface area contributed by atoms with Crippen molar-refractivity contribution in [3.63, 3.8) is 0 Å². The minimum absolute atomic E-state index is 0.00788. The first-order valence-electron chi connectivity index (χ1n) is 25.9. The van der Waals surface area contributed by atoms with Crippen molar-refractivity contribution >= 4 is 13.7 Å². The van der Waals surface area contributed by atoms with Crippen molar-refractivity contribution in [2.45, 2.75) is 251 Å². The van der Waals surface area contributed by atoms with Crippen LogP contribution in [0, 0.1) is 0 Å². The van der Waals surface area contributed by atoms with Gasteiger partial charge in [0.15, 0.2) is 0 Å². The summed E-state index contributed by atoms with van der Waals surface area (Å²) in [5.41, 5.74) is 0. The molecule has 0 saturated heterocycles. The fraction of sp³-hybridized carbons (Fsp3) is 0.865. The lowest BCUT2D eigenvalue weighted by Gasteiger charge is -2.29. The van der Waals surface area contributed by atoms with Crippen molar-refractivity contribution in [1.29, 1.82) is 0 Å². The Bertz CT molecular complexity index is 1090. The van der Waals surface area contributed by atoms with Crippen LogP contribution in [0.4, 0.5) is 0 Å². The average molecular weight is 881 g/mol. The van der Waals surface area contributed by atoms with Crippen LogP contribution in [0.1, 0.15) is 239 Å². The zero-order valence-corrected chi connectivity index (χ0v) is 41.8. The smallest absolute Gasteiger partial charge is 0.268 e. The van der Waals surface area contributed by atoms with Crippen molar-refractivity contribution in [3.8, 4) is 0 Å². The number of aliphatic hydroxyl groups excluding tert-OH is 1. The van der Waals surface area contributed by atoms with E-state index in [4.69, 9.17) is 9.05 Å². The molecule has 0 fully saturated rings. The molecule has 0 aromatic heterocycles. The molecule has 3 atom stereocenters. The van der Waals surface area contributed by atoms with Gasteiger partial charge in [0.1, 0.15) is 13.2 Å². The van der Waals surface area contributed by atoms with Crippen LogP contribution in [0.15, 0.2) is 36.5 Å². The molecule has 0 rings (SSSR count). The molecule has 9 heteroatoms. The summed E-state index contributed by atoms with van der Waals surface area (Å²) in [6.45, 7) is 4.59. The number of phosphoric acid groups is 1. The molecule has 61 heavy (non-hydrogen) atoms. The first kappa shape index (κ1) is 59.7. The first-order valence-corrected chi connectivity index (χ1v) is 27.3. The second kappa shape index (κ2) is 43.9. The number of carbonyl (C=O) groups excluding carboxylic acids is 1. The molecule has 0 bridgehead atoms. The van der Waals surface area contributed by atoms with E-state index in [1.165, 1.54) is 154 Å². The van der Waals surface area contributed by atoms with Crippen LogP contribution >= 0.6 is 7.82 Å². The molecule has 360 valence electrons. The Labute approximate surface area is 378 Å². The van der Waals surface area contributed by atoms with E-state index >= 15 is 0 Å². The van der Waals surface area contributed by atoms with Gasteiger partial charge in [-0.2, -0.15) is 0 Å². The van der Waals surface area contributed by atoms with Crippen LogP contribution in [-0.4, -0.2) is 68.5 Å². The van der Waals surface area contributed by atoms with Crippen molar-refractivity contribution in [3.05, 3.63) is 36.5 Å². The summed E-state index contributed by atoms with van der Waals surface area (Å²) in [6.07, 6.45) is 55.2. The summed E-state index contributed by atoms with van der Waals surface area (Å²) < 4.78 is 23.2. The molecule has 0 spiro atoms. The largest absolute Gasteiger partial charge is 0.756 e. The normalized spacial score (nSPS) is 14.4. The first-order chi connectivity index (χ1) is 29.5. The molecule has 0 aromatic carbocycles. The molecule has 0 aliphatic heterocycles. The molecule has 0 heterocycles. The maximum atomic E-state index is 12.8. The van der Waals surface area contributed by atoms with Crippen LogP contribution < -0.4 is 10.2 Å². The maximum Gasteiger partial charge on any atom is 0.268 e. The number of phosphoric ester groups is 1. The van der Waals surface area contributed by atoms with E-state index in [0.717, 1.165) is 64.2 Å². The summed E-state index contributed by atoms with van der Waals surface area (Å²) in [7, 11) is 1.24. The van der Waals surface area contributed by atoms with Gasteiger partial charge in [-0.05, 0) is 51.4 Å². The quantitative estimate of drug-likeness (QED) is 0.0273. The third kappa shape index (κ3) is 46.5. The van der Waals surface area contributed by atoms with E-state index in [2.05, 4.69) is 43.5 Å². The SMILES string of the molecule is CCCC/C=C\CCCCCCCC(=O)NC(COP(=O)([O-])OCC[N+](C)(C)C)C(O)/C=C/CC/C=C/CCCCCCCCCCCCCCCCCCCCCCCC. The van der Waals surface area contributed by atoms with E-state index in [0.29, 0.717) is 17.4 Å². The molecule has 0 saturated carbocycles. The van der Waals surface area contributed by atoms with E-state index in [1.807, 2.05) is 27.2 Å². The van der Waals surface area contributed by atoms with E-state index in [1.54, 1.807) is 6.08 Å². The molecule has 0 radical (unpaired) electrons. The van der Waals surface area contributed by atoms with Gasteiger partial charge < -0.3 is 28.8 Å². The summed E-state index contributed by atoms with van der Waals surface area (Å²) in [5, 5.41) is 13.8. The average Bonchev–Trinajstić information content (AvgIpc) is 3.21. The Balaban J connectivity index is 4.19. The number of hydrogen-bond donors (Lipinski definition) is 2. The number of carbonyl (C=O) groups is 1. The second-order valence-electron chi connectivity index (χ2n) is 18.9. The van der Waals surface area contributed by atoms with Crippen molar-refractivity contribution in [1.82, 2.24) is 5.32 Å². The van der Waals surface area contributed by atoms with Gasteiger partial charge in [-0.3, -0.25) is 9.36 Å². The maximum absolute atomic E-state index is 12.8. The highest BCUT2D eigenvalue weighted by Gasteiger charge is 2.23. The molecule has 0 aliphatic rings. The number of hydrogen-bond acceptors (Lipinski definition) is 6. The number of unbranched alkanes of at least 4 members (excludes halogenated alkanes) is 30. The molecule has 0 aromatic rings. The number of nitrogens with one attached hydrogen (secondary N) is 1. The monoisotopic (exact) mass is 881 g/mol. The highest BCUT2D eigenvalue weighted by atomic mass is 31.2. The Morgan fingerprint density at radius 1 is 0.557 bits per heavy atom. The number of quaternary nitrogens is 1. The fourth-order valence-electron chi connectivity index (χ4n) is 7.44. The van der Waals surface area contributed by atoms with Gasteiger partial charge in [-0.25, -0.2) is 0 Å². The van der Waals surface area contributed by atoms with E-state index < -0.39 is 26.6 Å². The highest BCUT2D eigenvalue weighted by molar-refractivity contribution is 7.45. The summed E-state index contributed by atoms with van der Waals surface area (Å²) in [6, 6.07) is -0.906.